The Morgan fingerprint density at radius 3 is 2.52 bits per heavy atom. The lowest BCUT2D eigenvalue weighted by Crippen LogP contribution is -2.31. The molecule has 23 heavy (non-hydrogen) atoms. The number of benzene rings is 2. The summed E-state index contributed by atoms with van der Waals surface area (Å²) in [5, 5.41) is 26.2. The van der Waals surface area contributed by atoms with E-state index >= 15 is 0 Å². The standard InChI is InChI=1S/C15H17BN4O3/c17-15(18)20-19-9-12-6-7-14(13(8-12)16(21)22)23-10-11-4-2-1-3-5-11/h1-9,21-22H,10H2,(H4,17,18,20). The lowest BCUT2D eigenvalue weighted by Gasteiger charge is -2.12. The smallest absolute Gasteiger partial charge is 0.489 e. The van der Waals surface area contributed by atoms with Crippen molar-refractivity contribution in [2.75, 3.05) is 0 Å². The van der Waals surface area contributed by atoms with E-state index in [-0.39, 0.29) is 11.4 Å². The van der Waals surface area contributed by atoms with E-state index in [1.54, 1.807) is 12.1 Å². The maximum absolute atomic E-state index is 9.50. The summed E-state index contributed by atoms with van der Waals surface area (Å²) in [7, 11) is -1.67. The van der Waals surface area contributed by atoms with Crippen LogP contribution >= 0.6 is 0 Å². The third-order valence-electron chi connectivity index (χ3n) is 2.93. The van der Waals surface area contributed by atoms with Crippen LogP contribution in [0.3, 0.4) is 0 Å². The number of hydrogen-bond acceptors (Lipinski definition) is 5. The van der Waals surface area contributed by atoms with Crippen LogP contribution in [0.4, 0.5) is 0 Å². The fourth-order valence-electron chi connectivity index (χ4n) is 1.88. The van der Waals surface area contributed by atoms with Gasteiger partial charge in [-0.15, -0.1) is 5.10 Å². The van der Waals surface area contributed by atoms with Gasteiger partial charge in [0.25, 0.3) is 0 Å². The molecule has 0 spiro atoms. The summed E-state index contributed by atoms with van der Waals surface area (Å²) in [5.41, 5.74) is 12.1. The molecular formula is C15H17BN4O3. The second-order valence-corrected chi connectivity index (χ2v) is 4.71. The summed E-state index contributed by atoms with van der Waals surface area (Å²) in [4.78, 5) is 0. The lowest BCUT2D eigenvalue weighted by atomic mass is 9.79. The van der Waals surface area contributed by atoms with Crippen molar-refractivity contribution in [3.8, 4) is 5.75 Å². The summed E-state index contributed by atoms with van der Waals surface area (Å²) in [6.07, 6.45) is 1.40. The van der Waals surface area contributed by atoms with Crippen molar-refractivity contribution in [2.24, 2.45) is 21.7 Å². The van der Waals surface area contributed by atoms with Crippen LogP contribution in [0.1, 0.15) is 11.1 Å². The molecule has 0 atom stereocenters. The topological polar surface area (TPSA) is 126 Å². The minimum atomic E-state index is -1.67. The fourth-order valence-corrected chi connectivity index (χ4v) is 1.88. The molecule has 0 bridgehead atoms. The zero-order chi connectivity index (χ0) is 16.7. The zero-order valence-corrected chi connectivity index (χ0v) is 12.3. The fraction of sp³-hybridized carbons (Fsp3) is 0.0667. The number of hydrogen-bond donors (Lipinski definition) is 4. The van der Waals surface area contributed by atoms with Gasteiger partial charge in [0.1, 0.15) is 12.4 Å². The van der Waals surface area contributed by atoms with Gasteiger partial charge in [0.15, 0.2) is 0 Å². The van der Waals surface area contributed by atoms with Crippen LogP contribution < -0.4 is 21.7 Å². The Morgan fingerprint density at radius 1 is 1.13 bits per heavy atom. The van der Waals surface area contributed by atoms with Gasteiger partial charge >= 0.3 is 7.12 Å². The molecule has 0 aliphatic carbocycles. The van der Waals surface area contributed by atoms with Crippen molar-refractivity contribution in [3.05, 3.63) is 59.7 Å². The number of guanidine groups is 1. The number of rotatable bonds is 6. The summed E-state index contributed by atoms with van der Waals surface area (Å²) in [6, 6.07) is 14.4. The molecular weight excluding hydrogens is 295 g/mol. The van der Waals surface area contributed by atoms with E-state index in [0.717, 1.165) is 5.56 Å². The molecule has 2 aromatic carbocycles. The number of ether oxygens (including phenoxy) is 1. The van der Waals surface area contributed by atoms with Crippen molar-refractivity contribution in [1.29, 1.82) is 0 Å². The number of nitrogens with zero attached hydrogens (tertiary/aromatic N) is 2. The average molecular weight is 312 g/mol. The first-order chi connectivity index (χ1) is 11.1. The van der Waals surface area contributed by atoms with Crippen LogP contribution in [0, 0.1) is 0 Å². The monoisotopic (exact) mass is 312 g/mol. The highest BCUT2D eigenvalue weighted by Gasteiger charge is 2.17. The van der Waals surface area contributed by atoms with Crippen LogP contribution in [-0.4, -0.2) is 29.3 Å². The molecule has 2 rings (SSSR count). The maximum atomic E-state index is 9.50. The third-order valence-corrected chi connectivity index (χ3v) is 2.93. The van der Waals surface area contributed by atoms with E-state index in [1.807, 2.05) is 30.3 Å². The van der Waals surface area contributed by atoms with Crippen LogP contribution in [0.15, 0.2) is 58.7 Å². The van der Waals surface area contributed by atoms with Crippen LogP contribution in [-0.2, 0) is 6.61 Å². The van der Waals surface area contributed by atoms with E-state index in [4.69, 9.17) is 16.2 Å². The average Bonchev–Trinajstić information content (AvgIpc) is 2.54. The molecule has 0 aliphatic heterocycles. The van der Waals surface area contributed by atoms with E-state index in [0.29, 0.717) is 17.9 Å². The Balaban J connectivity index is 2.16. The van der Waals surface area contributed by atoms with Crippen LogP contribution in [0.2, 0.25) is 0 Å². The molecule has 2 aromatic rings. The second kappa shape index (κ2) is 7.97. The van der Waals surface area contributed by atoms with Crippen LogP contribution in [0.25, 0.3) is 0 Å². The molecule has 0 fully saturated rings. The Hall–Kier alpha value is -2.84. The molecule has 0 radical (unpaired) electrons. The highest BCUT2D eigenvalue weighted by Crippen LogP contribution is 2.12. The molecule has 0 heterocycles. The SMILES string of the molecule is NC(N)=NN=Cc1ccc(OCc2ccccc2)c(B(O)O)c1. The summed E-state index contributed by atoms with van der Waals surface area (Å²) >= 11 is 0. The van der Waals surface area contributed by atoms with E-state index in [9.17, 15) is 10.0 Å². The minimum absolute atomic E-state index is 0.161. The summed E-state index contributed by atoms with van der Waals surface area (Å²) in [6.45, 7) is 0.321. The van der Waals surface area contributed by atoms with Gasteiger partial charge in [0.2, 0.25) is 5.96 Å². The van der Waals surface area contributed by atoms with Gasteiger partial charge in [-0.05, 0) is 29.3 Å². The molecule has 0 unspecified atom stereocenters. The van der Waals surface area contributed by atoms with Gasteiger partial charge in [0.05, 0.1) is 6.21 Å². The molecule has 118 valence electrons. The van der Waals surface area contributed by atoms with Gasteiger partial charge < -0.3 is 26.3 Å². The first-order valence-corrected chi connectivity index (χ1v) is 6.85. The quantitative estimate of drug-likeness (QED) is 0.249. The normalized spacial score (nSPS) is 10.5. The first-order valence-electron chi connectivity index (χ1n) is 6.85. The Labute approximate surface area is 134 Å². The molecule has 7 nitrogen and oxygen atoms in total. The maximum Gasteiger partial charge on any atom is 0.492 e. The zero-order valence-electron chi connectivity index (χ0n) is 12.3. The number of nitrogens with two attached hydrogens (primary N) is 2. The molecule has 0 amide bonds. The van der Waals surface area contributed by atoms with Gasteiger partial charge in [-0.1, -0.05) is 30.3 Å². The Kier molecular flexibility index (Phi) is 5.73. The molecule has 6 N–H and O–H groups in total. The molecule has 0 aliphatic rings. The van der Waals surface area contributed by atoms with Crippen LogP contribution in [0.5, 0.6) is 5.75 Å². The third kappa shape index (κ3) is 5.13. The van der Waals surface area contributed by atoms with E-state index in [2.05, 4.69) is 10.2 Å². The summed E-state index contributed by atoms with van der Waals surface area (Å²) < 4.78 is 5.65. The van der Waals surface area contributed by atoms with Gasteiger partial charge in [-0.2, -0.15) is 5.10 Å². The van der Waals surface area contributed by atoms with Gasteiger partial charge in [-0.3, -0.25) is 0 Å². The van der Waals surface area contributed by atoms with Crippen molar-refractivity contribution in [1.82, 2.24) is 0 Å². The molecule has 0 saturated carbocycles. The first kappa shape index (κ1) is 16.5. The second-order valence-electron chi connectivity index (χ2n) is 4.71. The van der Waals surface area contributed by atoms with Gasteiger partial charge in [-0.25, -0.2) is 0 Å². The predicted molar refractivity (Wildman–Crippen MR) is 90.4 cm³/mol. The van der Waals surface area contributed by atoms with E-state index < -0.39 is 7.12 Å². The van der Waals surface area contributed by atoms with Crippen molar-refractivity contribution < 1.29 is 14.8 Å². The highest BCUT2D eigenvalue weighted by atomic mass is 16.5. The van der Waals surface area contributed by atoms with Crippen molar-refractivity contribution in [2.45, 2.75) is 6.61 Å². The largest absolute Gasteiger partial charge is 0.492 e. The Bertz CT molecular complexity index is 701. The van der Waals surface area contributed by atoms with Crippen molar-refractivity contribution in [3.63, 3.8) is 0 Å². The van der Waals surface area contributed by atoms with Gasteiger partial charge in [0, 0.05) is 5.46 Å². The Morgan fingerprint density at radius 2 is 1.87 bits per heavy atom. The van der Waals surface area contributed by atoms with Crippen molar-refractivity contribution >= 4 is 24.8 Å². The highest BCUT2D eigenvalue weighted by molar-refractivity contribution is 6.59. The lowest BCUT2D eigenvalue weighted by molar-refractivity contribution is 0.306. The molecule has 0 saturated heterocycles. The van der Waals surface area contributed by atoms with E-state index in [1.165, 1.54) is 12.3 Å². The molecule has 8 heteroatoms. The minimum Gasteiger partial charge on any atom is -0.489 e. The predicted octanol–water partition coefficient (Wildman–Crippen LogP) is -0.447. The molecule has 0 aromatic heterocycles. The summed E-state index contributed by atoms with van der Waals surface area (Å²) in [5.74, 6) is 0.217.